The van der Waals surface area contributed by atoms with Crippen molar-refractivity contribution in [3.05, 3.63) is 30.1 Å². The minimum atomic E-state index is 0.334. The Balaban J connectivity index is 1.87. The smallest absolute Gasteiger partial charge is 0.260 e. The van der Waals surface area contributed by atoms with Crippen LogP contribution in [-0.4, -0.2) is 23.4 Å². The van der Waals surface area contributed by atoms with Gasteiger partial charge in [0.05, 0.1) is 5.56 Å². The van der Waals surface area contributed by atoms with Gasteiger partial charge in [0.1, 0.15) is 0 Å². The van der Waals surface area contributed by atoms with Crippen molar-refractivity contribution in [3.63, 3.8) is 0 Å². The second-order valence-electron chi connectivity index (χ2n) is 4.43. The van der Waals surface area contributed by atoms with E-state index >= 15 is 0 Å². The van der Waals surface area contributed by atoms with Gasteiger partial charge in [0.2, 0.25) is 0 Å². The summed E-state index contributed by atoms with van der Waals surface area (Å²) in [5.41, 5.74) is 7.34. The van der Waals surface area contributed by atoms with E-state index in [1.807, 2.05) is 24.3 Å². The van der Waals surface area contributed by atoms with Gasteiger partial charge >= 0.3 is 0 Å². The number of hydrogen-bond donors (Lipinski definition) is 1. The van der Waals surface area contributed by atoms with Gasteiger partial charge in [-0.05, 0) is 25.0 Å². The van der Waals surface area contributed by atoms with E-state index in [0.29, 0.717) is 17.5 Å². The van der Waals surface area contributed by atoms with E-state index in [2.05, 4.69) is 10.1 Å². The third-order valence-corrected chi connectivity index (χ3v) is 3.22. The van der Waals surface area contributed by atoms with E-state index in [4.69, 9.17) is 15.0 Å². The number of nitrogen functional groups attached to an aromatic ring is 1. The zero-order chi connectivity index (χ0) is 12.4. The normalized spacial score (nSPS) is 16.9. The Kier molecular flexibility index (Phi) is 2.98. The van der Waals surface area contributed by atoms with Crippen LogP contribution in [0.25, 0.3) is 11.5 Å². The third kappa shape index (κ3) is 2.09. The number of aromatic nitrogens is 2. The van der Waals surface area contributed by atoms with Gasteiger partial charge in [-0.3, -0.25) is 0 Å². The second kappa shape index (κ2) is 4.78. The SMILES string of the molecule is Nc1ccccc1-c1nc(C2CCOCC2)no1. The molecular weight excluding hydrogens is 230 g/mol. The summed E-state index contributed by atoms with van der Waals surface area (Å²) in [6.07, 6.45) is 1.90. The minimum Gasteiger partial charge on any atom is -0.398 e. The van der Waals surface area contributed by atoms with E-state index in [-0.39, 0.29) is 0 Å². The first-order valence-corrected chi connectivity index (χ1v) is 6.11. The lowest BCUT2D eigenvalue weighted by molar-refractivity contribution is 0.0830. The van der Waals surface area contributed by atoms with Crippen LogP contribution in [0.4, 0.5) is 5.69 Å². The summed E-state index contributed by atoms with van der Waals surface area (Å²) in [4.78, 5) is 4.45. The molecule has 0 saturated carbocycles. The van der Waals surface area contributed by atoms with Crippen molar-refractivity contribution < 1.29 is 9.26 Å². The fraction of sp³-hybridized carbons (Fsp3) is 0.385. The minimum absolute atomic E-state index is 0.334. The fourth-order valence-corrected chi connectivity index (χ4v) is 2.16. The monoisotopic (exact) mass is 245 g/mol. The third-order valence-electron chi connectivity index (χ3n) is 3.22. The number of ether oxygens (including phenoxy) is 1. The van der Waals surface area contributed by atoms with E-state index in [1.54, 1.807) is 0 Å². The maximum atomic E-state index is 5.89. The average Bonchev–Trinajstić information content (AvgIpc) is 2.90. The van der Waals surface area contributed by atoms with E-state index in [0.717, 1.165) is 37.4 Å². The van der Waals surface area contributed by atoms with Crippen molar-refractivity contribution in [2.45, 2.75) is 18.8 Å². The first-order chi connectivity index (χ1) is 8.84. The fourth-order valence-electron chi connectivity index (χ4n) is 2.16. The molecule has 0 radical (unpaired) electrons. The molecule has 2 heterocycles. The lowest BCUT2D eigenvalue weighted by Crippen LogP contribution is -2.15. The molecule has 1 saturated heterocycles. The first-order valence-electron chi connectivity index (χ1n) is 6.11. The molecule has 5 nitrogen and oxygen atoms in total. The first kappa shape index (κ1) is 11.2. The summed E-state index contributed by atoms with van der Waals surface area (Å²) >= 11 is 0. The molecule has 94 valence electrons. The molecule has 1 aromatic heterocycles. The number of benzene rings is 1. The van der Waals surface area contributed by atoms with Crippen molar-refractivity contribution in [3.8, 4) is 11.5 Å². The molecule has 0 atom stereocenters. The molecule has 1 aromatic carbocycles. The van der Waals surface area contributed by atoms with Gasteiger partial charge in [-0.15, -0.1) is 0 Å². The standard InChI is InChI=1S/C13H15N3O2/c14-11-4-2-1-3-10(11)13-15-12(16-18-13)9-5-7-17-8-6-9/h1-4,9H,5-8,14H2. The number of hydrogen-bond acceptors (Lipinski definition) is 5. The molecule has 5 heteroatoms. The van der Waals surface area contributed by atoms with Crippen LogP contribution in [0, 0.1) is 0 Å². The van der Waals surface area contributed by atoms with Crippen LogP contribution in [-0.2, 0) is 4.74 Å². The maximum Gasteiger partial charge on any atom is 0.260 e. The molecular formula is C13H15N3O2. The highest BCUT2D eigenvalue weighted by molar-refractivity contribution is 5.69. The topological polar surface area (TPSA) is 74.2 Å². The molecule has 0 aliphatic carbocycles. The van der Waals surface area contributed by atoms with Gasteiger partial charge in [0, 0.05) is 24.8 Å². The molecule has 3 rings (SSSR count). The van der Waals surface area contributed by atoms with Crippen LogP contribution in [0.3, 0.4) is 0 Å². The van der Waals surface area contributed by atoms with Crippen LogP contribution in [0.1, 0.15) is 24.6 Å². The summed E-state index contributed by atoms with van der Waals surface area (Å²) in [6.45, 7) is 1.53. The Hall–Kier alpha value is -1.88. The van der Waals surface area contributed by atoms with Gasteiger partial charge in [0.15, 0.2) is 5.82 Å². The van der Waals surface area contributed by atoms with Crippen molar-refractivity contribution in [1.29, 1.82) is 0 Å². The van der Waals surface area contributed by atoms with Crippen molar-refractivity contribution in [2.75, 3.05) is 18.9 Å². The zero-order valence-electron chi connectivity index (χ0n) is 10.0. The van der Waals surface area contributed by atoms with Crippen molar-refractivity contribution in [1.82, 2.24) is 10.1 Å². The molecule has 2 aromatic rings. The molecule has 0 amide bonds. The lowest BCUT2D eigenvalue weighted by atomic mass is 10.00. The predicted molar refractivity (Wildman–Crippen MR) is 66.9 cm³/mol. The average molecular weight is 245 g/mol. The highest BCUT2D eigenvalue weighted by Gasteiger charge is 2.22. The molecule has 2 N–H and O–H groups in total. The van der Waals surface area contributed by atoms with E-state index in [9.17, 15) is 0 Å². The van der Waals surface area contributed by atoms with Crippen LogP contribution in [0.5, 0.6) is 0 Å². The van der Waals surface area contributed by atoms with Crippen molar-refractivity contribution >= 4 is 5.69 Å². The number of rotatable bonds is 2. The van der Waals surface area contributed by atoms with Gasteiger partial charge in [-0.2, -0.15) is 4.98 Å². The predicted octanol–water partition coefficient (Wildman–Crippen LogP) is 2.21. The Morgan fingerprint density at radius 2 is 1.94 bits per heavy atom. The van der Waals surface area contributed by atoms with Crippen molar-refractivity contribution in [2.24, 2.45) is 0 Å². The zero-order valence-corrected chi connectivity index (χ0v) is 10.0. The van der Waals surface area contributed by atoms with Gasteiger partial charge < -0.3 is 15.0 Å². The van der Waals surface area contributed by atoms with Crippen LogP contribution in [0.2, 0.25) is 0 Å². The van der Waals surface area contributed by atoms with Gasteiger partial charge in [0.25, 0.3) is 5.89 Å². The largest absolute Gasteiger partial charge is 0.398 e. The molecule has 18 heavy (non-hydrogen) atoms. The maximum absolute atomic E-state index is 5.89. The summed E-state index contributed by atoms with van der Waals surface area (Å²) < 4.78 is 10.6. The highest BCUT2D eigenvalue weighted by Crippen LogP contribution is 2.28. The van der Waals surface area contributed by atoms with Gasteiger partial charge in [-0.1, -0.05) is 17.3 Å². The number of anilines is 1. The summed E-state index contributed by atoms with van der Waals surface area (Å²) in [7, 11) is 0. The van der Waals surface area contributed by atoms with E-state index < -0.39 is 0 Å². The molecule has 1 fully saturated rings. The molecule has 0 bridgehead atoms. The molecule has 0 spiro atoms. The summed E-state index contributed by atoms with van der Waals surface area (Å²) in [5.74, 6) is 1.59. The highest BCUT2D eigenvalue weighted by atomic mass is 16.5. The number of nitrogens with zero attached hydrogens (tertiary/aromatic N) is 2. The van der Waals surface area contributed by atoms with Crippen LogP contribution in [0.15, 0.2) is 28.8 Å². The van der Waals surface area contributed by atoms with Crippen LogP contribution >= 0.6 is 0 Å². The Morgan fingerprint density at radius 3 is 2.72 bits per heavy atom. The number of nitrogens with two attached hydrogens (primary N) is 1. The molecule has 1 aliphatic rings. The molecule has 0 unspecified atom stereocenters. The molecule has 1 aliphatic heterocycles. The van der Waals surface area contributed by atoms with Gasteiger partial charge in [-0.25, -0.2) is 0 Å². The Bertz CT molecular complexity index is 533. The second-order valence-corrected chi connectivity index (χ2v) is 4.43. The lowest BCUT2D eigenvalue weighted by Gasteiger charge is -2.18. The quantitative estimate of drug-likeness (QED) is 0.821. The Labute approximate surface area is 105 Å². The summed E-state index contributed by atoms with van der Waals surface area (Å²) in [5, 5.41) is 4.06. The Morgan fingerprint density at radius 1 is 1.17 bits per heavy atom. The summed E-state index contributed by atoms with van der Waals surface area (Å²) in [6, 6.07) is 7.50. The van der Waals surface area contributed by atoms with Crippen LogP contribution < -0.4 is 5.73 Å². The number of para-hydroxylation sites is 1. The van der Waals surface area contributed by atoms with E-state index in [1.165, 1.54) is 0 Å².